The minimum atomic E-state index is 0.577. The Morgan fingerprint density at radius 3 is 2.12 bits per heavy atom. The lowest BCUT2D eigenvalue weighted by Gasteiger charge is -2.12. The molecule has 48 heavy (non-hydrogen) atoms. The summed E-state index contributed by atoms with van der Waals surface area (Å²) in [5, 5.41) is 19.1. The maximum Gasteiger partial charge on any atom is 0.235 e. The summed E-state index contributed by atoms with van der Waals surface area (Å²) in [4.78, 5) is 15.2. The first-order chi connectivity index (χ1) is 23.8. The number of nitriles is 1. The molecule has 0 N–H and O–H groups in total. The molecule has 6 nitrogen and oxygen atoms in total. The second-order valence-electron chi connectivity index (χ2n) is 12.4. The molecule has 0 saturated heterocycles. The van der Waals surface area contributed by atoms with E-state index >= 15 is 0 Å². The summed E-state index contributed by atoms with van der Waals surface area (Å²) in [5.74, 6) is 0.577. The van der Waals surface area contributed by atoms with E-state index in [4.69, 9.17) is 15.0 Å². The van der Waals surface area contributed by atoms with Crippen LogP contribution in [-0.4, -0.2) is 23.9 Å². The van der Waals surface area contributed by atoms with Crippen molar-refractivity contribution in [3.05, 3.63) is 139 Å². The first kappa shape index (κ1) is 25.4. The van der Waals surface area contributed by atoms with Crippen LogP contribution >= 0.6 is 0 Å². The number of nitrogens with zero attached hydrogens (tertiary/aromatic N) is 6. The molecule has 0 fully saturated rings. The highest BCUT2D eigenvalue weighted by Gasteiger charge is 2.26. The molecule has 0 radical (unpaired) electrons. The van der Waals surface area contributed by atoms with Gasteiger partial charge in [-0.05, 0) is 59.3 Å². The first-order valence-corrected chi connectivity index (χ1v) is 15.9. The van der Waals surface area contributed by atoms with Gasteiger partial charge < -0.3 is 4.40 Å². The van der Waals surface area contributed by atoms with Crippen molar-refractivity contribution in [1.29, 1.82) is 5.26 Å². The van der Waals surface area contributed by atoms with E-state index in [0.717, 1.165) is 44.1 Å². The average molecular weight is 611 g/mol. The zero-order valence-corrected chi connectivity index (χ0v) is 25.4. The summed E-state index contributed by atoms with van der Waals surface area (Å²) in [7, 11) is 0. The molecular weight excluding hydrogens is 589 g/mol. The van der Waals surface area contributed by atoms with E-state index in [0.29, 0.717) is 11.5 Å². The number of hydrogen-bond donors (Lipinski definition) is 0. The summed E-state index contributed by atoms with van der Waals surface area (Å²) < 4.78 is 4.69. The number of rotatable bonds is 2. The van der Waals surface area contributed by atoms with E-state index in [1.807, 2.05) is 36.4 Å². The number of benzene rings is 6. The van der Waals surface area contributed by atoms with Crippen molar-refractivity contribution in [2.45, 2.75) is 0 Å². The molecule has 0 amide bonds. The quantitative estimate of drug-likeness (QED) is 0.195. The van der Waals surface area contributed by atoms with E-state index in [-0.39, 0.29) is 0 Å². The fraction of sp³-hybridized carbons (Fsp3) is 0. The van der Waals surface area contributed by atoms with Gasteiger partial charge in [0.05, 0.1) is 44.7 Å². The van der Waals surface area contributed by atoms with Crippen molar-refractivity contribution >= 4 is 81.7 Å². The molecule has 0 unspecified atom stereocenters. The van der Waals surface area contributed by atoms with Crippen LogP contribution in [0.2, 0.25) is 0 Å². The van der Waals surface area contributed by atoms with Crippen molar-refractivity contribution in [3.63, 3.8) is 0 Å². The van der Waals surface area contributed by atoms with E-state index in [1.165, 1.54) is 48.9 Å². The van der Waals surface area contributed by atoms with Crippen molar-refractivity contribution in [2.75, 3.05) is 0 Å². The van der Waals surface area contributed by atoms with Crippen LogP contribution in [-0.2, 0) is 0 Å². The van der Waals surface area contributed by atoms with Gasteiger partial charge in [-0.15, -0.1) is 0 Å². The lowest BCUT2D eigenvalue weighted by molar-refractivity contribution is 1.01. The lowest BCUT2D eigenvalue weighted by atomic mass is 10.00. The van der Waals surface area contributed by atoms with Crippen LogP contribution in [0, 0.1) is 11.3 Å². The van der Waals surface area contributed by atoms with Crippen LogP contribution in [0.3, 0.4) is 0 Å². The topological polar surface area (TPSA) is 71.8 Å². The van der Waals surface area contributed by atoms with E-state index in [1.54, 1.807) is 6.20 Å². The van der Waals surface area contributed by atoms with Gasteiger partial charge in [-0.3, -0.25) is 9.55 Å². The maximum atomic E-state index is 9.46. The number of fused-ring (bicyclic) bond motifs is 13. The highest BCUT2D eigenvalue weighted by Crippen LogP contribution is 2.47. The van der Waals surface area contributed by atoms with Crippen LogP contribution < -0.4 is 0 Å². The van der Waals surface area contributed by atoms with Crippen molar-refractivity contribution in [2.24, 2.45) is 0 Å². The Labute approximate surface area is 272 Å². The summed E-state index contributed by atoms with van der Waals surface area (Å²) in [6.45, 7) is 0. The van der Waals surface area contributed by atoms with Crippen LogP contribution in [0.1, 0.15) is 5.56 Å². The Bertz CT molecular complexity index is 3180. The second kappa shape index (κ2) is 9.12. The molecular formula is C42H22N6. The molecule has 0 atom stereocenters. The molecule has 11 aromatic rings. The number of aromatic nitrogens is 5. The van der Waals surface area contributed by atoms with Gasteiger partial charge in [0.1, 0.15) is 11.2 Å². The Kier molecular flexibility index (Phi) is 4.82. The van der Waals surface area contributed by atoms with Gasteiger partial charge in [-0.25, -0.2) is 9.97 Å². The van der Waals surface area contributed by atoms with Gasteiger partial charge in [0.15, 0.2) is 0 Å². The van der Waals surface area contributed by atoms with Gasteiger partial charge in [0.2, 0.25) is 5.95 Å². The predicted octanol–water partition coefficient (Wildman–Crippen LogP) is 9.96. The van der Waals surface area contributed by atoms with Crippen molar-refractivity contribution in [1.82, 2.24) is 23.9 Å². The largest absolute Gasteiger partial charge is 0.308 e. The minimum absolute atomic E-state index is 0.577. The second-order valence-corrected chi connectivity index (χ2v) is 12.4. The molecule has 5 heterocycles. The molecule has 0 aliphatic rings. The molecule has 0 saturated carbocycles. The monoisotopic (exact) mass is 610 g/mol. The van der Waals surface area contributed by atoms with E-state index in [2.05, 4.69) is 106 Å². The minimum Gasteiger partial charge on any atom is -0.308 e. The summed E-state index contributed by atoms with van der Waals surface area (Å²) in [6, 6.07) is 46.5. The zero-order chi connectivity index (χ0) is 31.5. The van der Waals surface area contributed by atoms with Crippen molar-refractivity contribution in [3.8, 4) is 23.3 Å². The molecule has 11 rings (SSSR count). The van der Waals surface area contributed by atoms with Gasteiger partial charge in [-0.2, -0.15) is 5.26 Å². The third-order valence-corrected chi connectivity index (χ3v) is 9.92. The maximum absolute atomic E-state index is 9.46. The van der Waals surface area contributed by atoms with Gasteiger partial charge in [-0.1, -0.05) is 78.9 Å². The van der Waals surface area contributed by atoms with Gasteiger partial charge in [0.25, 0.3) is 0 Å². The summed E-state index contributed by atoms with van der Waals surface area (Å²) >= 11 is 0. The molecule has 5 aromatic heterocycles. The third kappa shape index (κ3) is 3.17. The van der Waals surface area contributed by atoms with Gasteiger partial charge >= 0.3 is 0 Å². The van der Waals surface area contributed by atoms with Gasteiger partial charge in [0, 0.05) is 44.1 Å². The third-order valence-electron chi connectivity index (χ3n) is 9.92. The SMILES string of the molecule is N#Cc1ccc(-c2nc(-n3c4ccccc4c4cc5c6ccccc6n6c7ccc8ccccc8c7c(c43)c56)nc3cccnc23)cc1. The Morgan fingerprint density at radius 2 is 1.29 bits per heavy atom. The lowest BCUT2D eigenvalue weighted by Crippen LogP contribution is -2.04. The highest BCUT2D eigenvalue weighted by atomic mass is 15.2. The average Bonchev–Trinajstić information content (AvgIpc) is 3.79. The van der Waals surface area contributed by atoms with Crippen LogP contribution in [0.5, 0.6) is 0 Å². The fourth-order valence-electron chi connectivity index (χ4n) is 7.93. The Hall–Kier alpha value is -6.84. The molecule has 0 spiro atoms. The predicted molar refractivity (Wildman–Crippen MR) is 194 cm³/mol. The molecule has 6 aromatic carbocycles. The molecule has 6 heteroatoms. The standard InChI is InChI=1S/C42H22N6/c43-23-24-15-17-26(18-16-24)38-39-32(12-7-21-44-39)45-42(46-38)48-34-14-6-4-11-29(34)31-22-30-28-10-3-5-13-33(28)47-35-20-19-25-8-1-2-9-27(25)36(35)37(40(30)47)41(31)48/h1-22H. The van der Waals surface area contributed by atoms with E-state index < -0.39 is 0 Å². The molecule has 220 valence electrons. The van der Waals surface area contributed by atoms with Crippen LogP contribution in [0.25, 0.3) is 98.9 Å². The molecule has 0 aliphatic carbocycles. The van der Waals surface area contributed by atoms with Crippen molar-refractivity contribution < 1.29 is 0 Å². The molecule has 0 bridgehead atoms. The Morgan fingerprint density at radius 1 is 0.562 bits per heavy atom. The smallest absolute Gasteiger partial charge is 0.235 e. The summed E-state index contributed by atoms with van der Waals surface area (Å²) in [6.07, 6.45) is 1.77. The number of para-hydroxylation sites is 2. The number of hydrogen-bond acceptors (Lipinski definition) is 4. The summed E-state index contributed by atoms with van der Waals surface area (Å²) in [5.41, 5.74) is 9.37. The van der Waals surface area contributed by atoms with Crippen LogP contribution in [0.15, 0.2) is 134 Å². The van der Waals surface area contributed by atoms with Crippen LogP contribution in [0.4, 0.5) is 0 Å². The fourth-order valence-corrected chi connectivity index (χ4v) is 7.93. The highest BCUT2D eigenvalue weighted by molar-refractivity contribution is 6.37. The van der Waals surface area contributed by atoms with E-state index in [9.17, 15) is 5.26 Å². The first-order valence-electron chi connectivity index (χ1n) is 15.9. The number of pyridine rings is 1. The normalized spacial score (nSPS) is 12.1. The molecule has 0 aliphatic heterocycles. The zero-order valence-electron chi connectivity index (χ0n) is 25.4. The Balaban J connectivity index is 1.39.